The predicted molar refractivity (Wildman–Crippen MR) is 120 cm³/mol. The Labute approximate surface area is 188 Å². The molecule has 1 atom stereocenters. The van der Waals surface area contributed by atoms with Crippen LogP contribution in [-0.4, -0.2) is 60.9 Å². The minimum absolute atomic E-state index is 0.0399. The lowest BCUT2D eigenvalue weighted by Gasteiger charge is -2.26. The molecule has 1 aliphatic heterocycles. The van der Waals surface area contributed by atoms with Gasteiger partial charge in [-0.15, -0.1) is 0 Å². The highest BCUT2D eigenvalue weighted by Gasteiger charge is 2.45. The third kappa shape index (κ3) is 4.38. The summed E-state index contributed by atoms with van der Waals surface area (Å²) >= 11 is 9.64. The van der Waals surface area contributed by atoms with Crippen LogP contribution >= 0.6 is 27.5 Å². The fourth-order valence-electron chi connectivity index (χ4n) is 3.41. The fourth-order valence-corrected chi connectivity index (χ4v) is 4.09. The lowest BCUT2D eigenvalue weighted by molar-refractivity contribution is -0.140. The molecule has 0 aliphatic carbocycles. The number of carbonyl (C=O) groups is 2. The number of likely N-dealkylation sites (N-methyl/N-ethyl adjacent to an activating group) is 1. The van der Waals surface area contributed by atoms with E-state index in [1.54, 1.807) is 12.1 Å². The molecule has 0 unspecified atom stereocenters. The summed E-state index contributed by atoms with van der Waals surface area (Å²) in [5.41, 5.74) is 1.10. The normalized spacial score (nSPS) is 18.3. The lowest BCUT2D eigenvalue weighted by Crippen LogP contribution is -2.35. The standard InChI is InChI=1S/C22H22BrClN2O4/c1-25(2)9-10-26-19(13-5-4-6-15(23)11-13)18(21(28)22(26)29)20(27)14-7-8-17(30-3)16(24)12-14/h4-8,11-12,19,27H,9-10H2,1-3H3/t19-/m0/s1. The molecule has 2 aromatic rings. The number of carbonyl (C=O) groups excluding carboxylic acids is 2. The second-order valence-corrected chi connectivity index (χ2v) is 8.52. The monoisotopic (exact) mass is 492 g/mol. The Balaban J connectivity index is 2.16. The number of hydrogen-bond donors (Lipinski definition) is 1. The Morgan fingerprint density at radius 2 is 1.97 bits per heavy atom. The van der Waals surface area contributed by atoms with E-state index >= 15 is 0 Å². The molecule has 6 nitrogen and oxygen atoms in total. The van der Waals surface area contributed by atoms with Crippen molar-refractivity contribution in [3.8, 4) is 5.75 Å². The number of aliphatic hydroxyl groups is 1. The smallest absolute Gasteiger partial charge is 0.295 e. The molecule has 0 bridgehead atoms. The molecular weight excluding hydrogens is 472 g/mol. The van der Waals surface area contributed by atoms with E-state index in [1.807, 2.05) is 43.3 Å². The number of hydrogen-bond acceptors (Lipinski definition) is 5. The Hall–Kier alpha value is -2.35. The van der Waals surface area contributed by atoms with Gasteiger partial charge in [-0.25, -0.2) is 0 Å². The molecule has 2 aromatic carbocycles. The van der Waals surface area contributed by atoms with E-state index in [4.69, 9.17) is 16.3 Å². The Bertz CT molecular complexity index is 1020. The van der Waals surface area contributed by atoms with Gasteiger partial charge in [-0.2, -0.15) is 0 Å². The van der Waals surface area contributed by atoms with Crippen molar-refractivity contribution in [1.29, 1.82) is 0 Å². The van der Waals surface area contributed by atoms with Crippen LogP contribution in [0.1, 0.15) is 17.2 Å². The summed E-state index contributed by atoms with van der Waals surface area (Å²) in [6.45, 7) is 0.917. The average molecular weight is 494 g/mol. The molecule has 1 fully saturated rings. The first-order valence-electron chi connectivity index (χ1n) is 9.27. The molecule has 1 aliphatic rings. The molecule has 3 rings (SSSR count). The lowest BCUT2D eigenvalue weighted by atomic mass is 9.95. The zero-order valence-corrected chi connectivity index (χ0v) is 19.2. The maximum Gasteiger partial charge on any atom is 0.295 e. The predicted octanol–water partition coefficient (Wildman–Crippen LogP) is 4.09. The molecule has 1 saturated heterocycles. The molecule has 1 heterocycles. The fraction of sp³-hybridized carbons (Fsp3) is 0.273. The van der Waals surface area contributed by atoms with Crippen LogP contribution in [0.3, 0.4) is 0 Å². The number of likely N-dealkylation sites (tertiary alicyclic amines) is 1. The zero-order chi connectivity index (χ0) is 22.0. The number of halogens is 2. The highest BCUT2D eigenvalue weighted by atomic mass is 79.9. The van der Waals surface area contributed by atoms with Crippen molar-refractivity contribution < 1.29 is 19.4 Å². The summed E-state index contributed by atoms with van der Waals surface area (Å²) in [7, 11) is 5.28. The zero-order valence-electron chi connectivity index (χ0n) is 16.9. The summed E-state index contributed by atoms with van der Waals surface area (Å²) in [5, 5.41) is 11.3. The molecule has 0 spiro atoms. The van der Waals surface area contributed by atoms with Crippen molar-refractivity contribution in [3.05, 3.63) is 68.7 Å². The van der Waals surface area contributed by atoms with E-state index in [-0.39, 0.29) is 11.3 Å². The van der Waals surface area contributed by atoms with Gasteiger partial charge in [0.2, 0.25) is 0 Å². The summed E-state index contributed by atoms with van der Waals surface area (Å²) in [6.07, 6.45) is 0. The number of benzene rings is 2. The van der Waals surface area contributed by atoms with Gasteiger partial charge in [0.05, 0.1) is 23.7 Å². The van der Waals surface area contributed by atoms with Gasteiger partial charge >= 0.3 is 0 Å². The van der Waals surface area contributed by atoms with Gasteiger partial charge in [0.1, 0.15) is 11.5 Å². The number of rotatable bonds is 6. The Kier molecular flexibility index (Phi) is 6.85. The largest absolute Gasteiger partial charge is 0.507 e. The second-order valence-electron chi connectivity index (χ2n) is 7.20. The molecule has 1 amide bonds. The van der Waals surface area contributed by atoms with Crippen LogP contribution in [-0.2, 0) is 9.59 Å². The van der Waals surface area contributed by atoms with Crippen LogP contribution in [0.15, 0.2) is 52.5 Å². The van der Waals surface area contributed by atoms with E-state index < -0.39 is 17.7 Å². The summed E-state index contributed by atoms with van der Waals surface area (Å²) in [5.74, 6) is -1.18. The number of aliphatic hydroxyl groups excluding tert-OH is 1. The van der Waals surface area contributed by atoms with Gasteiger partial charge in [0, 0.05) is 23.1 Å². The maximum atomic E-state index is 13.0. The topological polar surface area (TPSA) is 70.1 Å². The minimum Gasteiger partial charge on any atom is -0.507 e. The van der Waals surface area contributed by atoms with Crippen molar-refractivity contribution in [2.75, 3.05) is 34.3 Å². The van der Waals surface area contributed by atoms with Gasteiger partial charge in [0.25, 0.3) is 11.7 Å². The van der Waals surface area contributed by atoms with Crippen molar-refractivity contribution in [1.82, 2.24) is 9.80 Å². The molecule has 8 heteroatoms. The van der Waals surface area contributed by atoms with E-state index in [9.17, 15) is 14.7 Å². The number of ketones is 1. The van der Waals surface area contributed by atoms with Gasteiger partial charge in [0.15, 0.2) is 0 Å². The molecule has 0 aromatic heterocycles. The van der Waals surface area contributed by atoms with Crippen molar-refractivity contribution >= 4 is 45.0 Å². The Morgan fingerprint density at radius 3 is 2.57 bits per heavy atom. The molecule has 1 N–H and O–H groups in total. The number of nitrogens with zero attached hydrogens (tertiary/aromatic N) is 2. The minimum atomic E-state index is -0.719. The third-order valence-corrected chi connectivity index (χ3v) is 5.71. The number of methoxy groups -OCH3 is 1. The van der Waals surface area contributed by atoms with Crippen LogP contribution in [0.25, 0.3) is 5.76 Å². The first-order valence-corrected chi connectivity index (χ1v) is 10.4. The van der Waals surface area contributed by atoms with E-state index in [0.717, 1.165) is 10.0 Å². The van der Waals surface area contributed by atoms with Gasteiger partial charge in [-0.3, -0.25) is 9.59 Å². The summed E-state index contributed by atoms with van der Waals surface area (Å²) < 4.78 is 5.96. The Morgan fingerprint density at radius 1 is 1.23 bits per heavy atom. The second kappa shape index (κ2) is 9.20. The van der Waals surface area contributed by atoms with Crippen molar-refractivity contribution in [2.24, 2.45) is 0 Å². The van der Waals surface area contributed by atoms with Crippen LogP contribution in [0.2, 0.25) is 5.02 Å². The average Bonchev–Trinajstić information content (AvgIpc) is 2.96. The summed E-state index contributed by atoms with van der Waals surface area (Å²) in [6, 6.07) is 11.4. The number of Topliss-reactive ketones (excluding diaryl/α,β-unsaturated/α-hetero) is 1. The van der Waals surface area contributed by atoms with E-state index in [1.165, 1.54) is 18.1 Å². The van der Waals surface area contributed by atoms with Gasteiger partial charge in [-0.1, -0.05) is 39.7 Å². The molecular formula is C22H22BrClN2O4. The van der Waals surface area contributed by atoms with Crippen molar-refractivity contribution in [3.63, 3.8) is 0 Å². The molecule has 30 heavy (non-hydrogen) atoms. The summed E-state index contributed by atoms with van der Waals surface area (Å²) in [4.78, 5) is 29.2. The van der Waals surface area contributed by atoms with Gasteiger partial charge in [-0.05, 0) is 50.0 Å². The van der Waals surface area contributed by atoms with Crippen LogP contribution < -0.4 is 4.74 Å². The SMILES string of the molecule is COc1ccc(C(O)=C2C(=O)C(=O)N(CCN(C)C)[C@H]2c2cccc(Br)c2)cc1Cl. The molecule has 0 radical (unpaired) electrons. The maximum absolute atomic E-state index is 13.0. The highest BCUT2D eigenvalue weighted by molar-refractivity contribution is 9.10. The highest BCUT2D eigenvalue weighted by Crippen LogP contribution is 2.40. The first-order chi connectivity index (χ1) is 14.2. The van der Waals surface area contributed by atoms with Crippen LogP contribution in [0, 0.1) is 0 Å². The van der Waals surface area contributed by atoms with Crippen LogP contribution in [0.4, 0.5) is 0 Å². The molecule has 0 saturated carbocycles. The quantitative estimate of drug-likeness (QED) is 0.373. The van der Waals surface area contributed by atoms with Crippen LogP contribution in [0.5, 0.6) is 5.75 Å². The van der Waals surface area contributed by atoms with Crippen molar-refractivity contribution in [2.45, 2.75) is 6.04 Å². The van der Waals surface area contributed by atoms with Gasteiger partial charge < -0.3 is 19.6 Å². The van der Waals surface area contributed by atoms with E-state index in [0.29, 0.717) is 29.4 Å². The number of amides is 1. The number of ether oxygens (including phenoxy) is 1. The molecule has 158 valence electrons. The first kappa shape index (κ1) is 22.3. The third-order valence-electron chi connectivity index (χ3n) is 4.92. The van der Waals surface area contributed by atoms with E-state index in [2.05, 4.69) is 15.9 Å².